The molecule has 0 spiro atoms. The van der Waals surface area contributed by atoms with Crippen LogP contribution in [0.3, 0.4) is 0 Å². The van der Waals surface area contributed by atoms with Gasteiger partial charge >= 0.3 is 0 Å². The Morgan fingerprint density at radius 1 is 1.14 bits per heavy atom. The number of hydrogen-bond acceptors (Lipinski definition) is 7. The molecule has 0 saturated heterocycles. The zero-order valence-corrected chi connectivity index (χ0v) is 17.0. The summed E-state index contributed by atoms with van der Waals surface area (Å²) in [5.41, 5.74) is 1.34. The van der Waals surface area contributed by atoms with Crippen LogP contribution in [-0.2, 0) is 4.79 Å². The van der Waals surface area contributed by atoms with Crippen molar-refractivity contribution >= 4 is 40.3 Å². The highest BCUT2D eigenvalue weighted by molar-refractivity contribution is 7.13. The normalized spacial score (nSPS) is 15.7. The maximum atomic E-state index is 13.2. The summed E-state index contributed by atoms with van der Waals surface area (Å²) in [5.74, 6) is 1.55. The van der Waals surface area contributed by atoms with Crippen LogP contribution in [-0.4, -0.2) is 25.7 Å². The van der Waals surface area contributed by atoms with Gasteiger partial charge in [0.1, 0.15) is 11.9 Å². The van der Waals surface area contributed by atoms with Crippen LogP contribution in [0.25, 0.3) is 10.7 Å². The van der Waals surface area contributed by atoms with Crippen LogP contribution in [0, 0.1) is 0 Å². The van der Waals surface area contributed by atoms with Crippen molar-refractivity contribution in [1.82, 2.24) is 19.7 Å². The Bertz CT molecular complexity index is 1180. The van der Waals surface area contributed by atoms with Crippen molar-refractivity contribution in [3.63, 3.8) is 0 Å². The Labute approximate surface area is 174 Å². The molecule has 1 aliphatic rings. The molecule has 1 aliphatic heterocycles. The van der Waals surface area contributed by atoms with Crippen LogP contribution in [0.15, 0.2) is 70.7 Å². The van der Waals surface area contributed by atoms with Crippen molar-refractivity contribution in [3.05, 3.63) is 75.6 Å². The van der Waals surface area contributed by atoms with Crippen molar-refractivity contribution in [3.8, 4) is 10.7 Å². The monoisotopic (exact) mass is 420 g/mol. The highest BCUT2D eigenvalue weighted by Crippen LogP contribution is 2.38. The van der Waals surface area contributed by atoms with E-state index in [-0.39, 0.29) is 11.9 Å². The molecule has 29 heavy (non-hydrogen) atoms. The second-order valence-electron chi connectivity index (χ2n) is 6.43. The van der Waals surface area contributed by atoms with Crippen molar-refractivity contribution in [2.24, 2.45) is 0 Å². The molecule has 1 amide bonds. The smallest absolute Gasteiger partial charge is 0.257 e. The number of fused-ring (bicyclic) bond motifs is 1. The van der Waals surface area contributed by atoms with Crippen LogP contribution in [0.2, 0.25) is 0 Å². The summed E-state index contributed by atoms with van der Waals surface area (Å²) in [6.45, 7) is 1.89. The third kappa shape index (κ3) is 3.24. The standard InChI is InChI=1S/C20H16N6OS2/c1-12-16(19(27)23-15-8-2-3-9-21-15)17(13-6-4-10-28-13)26-20(22-12)24-18(25-26)14-7-5-11-29-14/h2-11,17H,1H3,(H,21,23,27)(H,22,24,25). The minimum absolute atomic E-state index is 0.217. The number of carbonyl (C=O) groups is 1. The SMILES string of the molecule is CC1=C(C(=O)Nc2ccccn2)C(c2cccs2)n2nc(-c3cccs3)nc2N1. The summed E-state index contributed by atoms with van der Waals surface area (Å²) in [5, 5.41) is 14.9. The number of rotatable bonds is 4. The Balaban J connectivity index is 1.58. The first-order valence-corrected chi connectivity index (χ1v) is 10.7. The molecule has 0 bridgehead atoms. The van der Waals surface area contributed by atoms with Crippen LogP contribution in [0.5, 0.6) is 0 Å². The number of aromatic nitrogens is 4. The molecule has 0 saturated carbocycles. The second-order valence-corrected chi connectivity index (χ2v) is 8.36. The average molecular weight is 421 g/mol. The molecule has 7 nitrogen and oxygen atoms in total. The number of thiophene rings is 2. The topological polar surface area (TPSA) is 84.7 Å². The lowest BCUT2D eigenvalue weighted by atomic mass is 10.0. The first-order chi connectivity index (χ1) is 14.2. The van der Waals surface area contributed by atoms with Gasteiger partial charge in [0.2, 0.25) is 5.95 Å². The van der Waals surface area contributed by atoms with Gasteiger partial charge in [-0.25, -0.2) is 9.67 Å². The molecule has 144 valence electrons. The predicted octanol–water partition coefficient (Wildman–Crippen LogP) is 4.39. The Kier molecular flexibility index (Phi) is 4.45. The molecule has 5 rings (SSSR count). The molecular formula is C20H16N6OS2. The molecule has 0 aliphatic carbocycles. The number of allylic oxidation sites excluding steroid dienone is 1. The highest BCUT2D eigenvalue weighted by Gasteiger charge is 2.35. The van der Waals surface area contributed by atoms with Crippen LogP contribution >= 0.6 is 22.7 Å². The lowest BCUT2D eigenvalue weighted by Crippen LogP contribution is -2.31. The van der Waals surface area contributed by atoms with E-state index in [0.29, 0.717) is 23.2 Å². The molecule has 4 aromatic heterocycles. The Morgan fingerprint density at radius 3 is 2.72 bits per heavy atom. The van der Waals surface area contributed by atoms with Crippen molar-refractivity contribution in [1.29, 1.82) is 0 Å². The molecular weight excluding hydrogens is 404 g/mol. The van der Waals surface area contributed by atoms with Gasteiger partial charge in [-0.15, -0.1) is 27.8 Å². The Morgan fingerprint density at radius 2 is 2.00 bits per heavy atom. The van der Waals surface area contributed by atoms with Gasteiger partial charge in [-0.2, -0.15) is 4.98 Å². The number of hydrogen-bond donors (Lipinski definition) is 2. The number of nitrogens with one attached hydrogen (secondary N) is 2. The van der Waals surface area contributed by atoms with E-state index in [1.54, 1.807) is 39.6 Å². The third-order valence-electron chi connectivity index (χ3n) is 4.56. The minimum Gasteiger partial charge on any atom is -0.328 e. The number of amides is 1. The lowest BCUT2D eigenvalue weighted by molar-refractivity contribution is -0.113. The summed E-state index contributed by atoms with van der Waals surface area (Å²) >= 11 is 3.17. The minimum atomic E-state index is -0.365. The van der Waals surface area contributed by atoms with Gasteiger partial charge < -0.3 is 10.6 Å². The third-order valence-corrected chi connectivity index (χ3v) is 6.35. The number of pyridine rings is 1. The summed E-state index contributed by atoms with van der Waals surface area (Å²) < 4.78 is 1.79. The van der Waals surface area contributed by atoms with Crippen LogP contribution in [0.1, 0.15) is 17.8 Å². The van der Waals surface area contributed by atoms with E-state index in [1.165, 1.54) is 0 Å². The average Bonchev–Trinajstić information content (AvgIpc) is 3.48. The maximum Gasteiger partial charge on any atom is 0.257 e. The molecule has 0 aromatic carbocycles. The van der Waals surface area contributed by atoms with Gasteiger partial charge in [-0.05, 0) is 41.9 Å². The van der Waals surface area contributed by atoms with E-state index in [9.17, 15) is 4.79 Å². The molecule has 0 radical (unpaired) electrons. The van der Waals surface area contributed by atoms with Gasteiger partial charge in [0.05, 0.1) is 10.5 Å². The van der Waals surface area contributed by atoms with Gasteiger partial charge in [0, 0.05) is 16.8 Å². The molecule has 5 heterocycles. The highest BCUT2D eigenvalue weighted by atomic mass is 32.1. The van der Waals surface area contributed by atoms with E-state index in [4.69, 9.17) is 5.10 Å². The quantitative estimate of drug-likeness (QED) is 0.511. The van der Waals surface area contributed by atoms with E-state index in [1.807, 2.05) is 54.1 Å². The second kappa shape index (κ2) is 7.26. The fourth-order valence-electron chi connectivity index (χ4n) is 3.29. The summed E-state index contributed by atoms with van der Waals surface area (Å²) in [6.07, 6.45) is 1.65. The molecule has 0 fully saturated rings. The molecule has 1 atom stereocenters. The fraction of sp³-hybridized carbons (Fsp3) is 0.100. The molecule has 4 aromatic rings. The van der Waals surface area contributed by atoms with E-state index >= 15 is 0 Å². The zero-order valence-electron chi connectivity index (χ0n) is 15.4. The number of anilines is 2. The molecule has 1 unspecified atom stereocenters. The van der Waals surface area contributed by atoms with Crippen LogP contribution < -0.4 is 10.6 Å². The van der Waals surface area contributed by atoms with Crippen molar-refractivity contribution in [2.45, 2.75) is 13.0 Å². The predicted molar refractivity (Wildman–Crippen MR) is 115 cm³/mol. The van der Waals surface area contributed by atoms with Crippen molar-refractivity contribution < 1.29 is 4.79 Å². The van der Waals surface area contributed by atoms with Gasteiger partial charge in [-0.3, -0.25) is 4.79 Å². The van der Waals surface area contributed by atoms with Gasteiger partial charge in [0.25, 0.3) is 5.91 Å². The largest absolute Gasteiger partial charge is 0.328 e. The summed E-state index contributed by atoms with van der Waals surface area (Å²) in [7, 11) is 0. The fourth-order valence-corrected chi connectivity index (χ4v) is 4.76. The zero-order chi connectivity index (χ0) is 19.8. The summed E-state index contributed by atoms with van der Waals surface area (Å²) in [4.78, 5) is 24.1. The Hall–Kier alpha value is -3.30. The first-order valence-electron chi connectivity index (χ1n) is 8.94. The van der Waals surface area contributed by atoms with Gasteiger partial charge in [0.15, 0.2) is 5.82 Å². The van der Waals surface area contributed by atoms with E-state index in [2.05, 4.69) is 20.6 Å². The van der Waals surface area contributed by atoms with Gasteiger partial charge in [-0.1, -0.05) is 18.2 Å². The molecule has 9 heteroatoms. The lowest BCUT2D eigenvalue weighted by Gasteiger charge is -2.27. The number of nitrogens with zero attached hydrogens (tertiary/aromatic N) is 4. The van der Waals surface area contributed by atoms with Crippen LogP contribution in [0.4, 0.5) is 11.8 Å². The first kappa shape index (κ1) is 17.8. The maximum absolute atomic E-state index is 13.2. The van der Waals surface area contributed by atoms with E-state index < -0.39 is 0 Å². The summed E-state index contributed by atoms with van der Waals surface area (Å²) in [6, 6.07) is 13.0. The van der Waals surface area contributed by atoms with Crippen molar-refractivity contribution in [2.75, 3.05) is 10.6 Å². The number of carbonyl (C=O) groups excluding carboxylic acids is 1. The molecule has 2 N–H and O–H groups in total. The van der Waals surface area contributed by atoms with E-state index in [0.717, 1.165) is 15.5 Å².